The fraction of sp³-hybridized carbons (Fsp3) is 0.333. The largest absolute Gasteiger partial charge is 0.356 e. The van der Waals surface area contributed by atoms with Crippen LogP contribution in [0.15, 0.2) is 57.9 Å². The highest BCUT2D eigenvalue weighted by atomic mass is 32.2. The summed E-state index contributed by atoms with van der Waals surface area (Å²) in [4.78, 5) is 12.8. The first-order chi connectivity index (χ1) is 14.8. The molecule has 0 saturated heterocycles. The van der Waals surface area contributed by atoms with Crippen LogP contribution in [0.4, 0.5) is 0 Å². The number of hydrogen-bond acceptors (Lipinski definition) is 5. The molecule has 0 radical (unpaired) electrons. The average Bonchev–Trinajstić information content (AvgIpc) is 3.19. The maximum absolute atomic E-state index is 13.0. The van der Waals surface area contributed by atoms with Crippen LogP contribution in [0, 0.1) is 13.8 Å². The third kappa shape index (κ3) is 4.71. The van der Waals surface area contributed by atoms with E-state index in [4.69, 9.17) is 4.52 Å². The summed E-state index contributed by atoms with van der Waals surface area (Å²) in [5, 5.41) is 6.89. The monoisotopic (exact) mass is 438 g/mol. The van der Waals surface area contributed by atoms with Crippen LogP contribution in [-0.2, 0) is 21.1 Å². The lowest BCUT2D eigenvalue weighted by atomic mass is 9.88. The lowest BCUT2D eigenvalue weighted by Crippen LogP contribution is -2.32. The highest BCUT2D eigenvalue weighted by molar-refractivity contribution is 7.91. The molecular weight excluding hydrogens is 412 g/mol. The van der Waals surface area contributed by atoms with E-state index in [-0.39, 0.29) is 29.0 Å². The van der Waals surface area contributed by atoms with Crippen molar-refractivity contribution in [3.8, 4) is 11.3 Å². The highest BCUT2D eigenvalue weighted by Gasteiger charge is 2.24. The van der Waals surface area contributed by atoms with Crippen molar-refractivity contribution in [3.05, 3.63) is 70.9 Å². The molecule has 4 rings (SSSR count). The van der Waals surface area contributed by atoms with E-state index in [2.05, 4.69) is 16.5 Å². The van der Waals surface area contributed by atoms with Crippen molar-refractivity contribution in [1.82, 2.24) is 10.5 Å². The lowest BCUT2D eigenvalue weighted by molar-refractivity contribution is -0.121. The van der Waals surface area contributed by atoms with Crippen molar-refractivity contribution in [2.24, 2.45) is 0 Å². The van der Waals surface area contributed by atoms with E-state index in [1.165, 1.54) is 5.56 Å². The van der Waals surface area contributed by atoms with Crippen molar-refractivity contribution in [2.75, 3.05) is 5.75 Å². The number of sulfone groups is 1. The van der Waals surface area contributed by atoms with E-state index in [9.17, 15) is 13.2 Å². The topological polar surface area (TPSA) is 89.3 Å². The molecule has 0 bridgehead atoms. The van der Waals surface area contributed by atoms with E-state index in [0.717, 1.165) is 30.5 Å². The second-order valence-electron chi connectivity index (χ2n) is 8.09. The molecule has 162 valence electrons. The molecule has 1 aliphatic rings. The van der Waals surface area contributed by atoms with Crippen LogP contribution < -0.4 is 5.32 Å². The highest BCUT2D eigenvalue weighted by Crippen LogP contribution is 2.30. The van der Waals surface area contributed by atoms with Crippen molar-refractivity contribution in [1.29, 1.82) is 0 Å². The van der Waals surface area contributed by atoms with E-state index in [1.807, 2.05) is 31.2 Å². The van der Waals surface area contributed by atoms with Gasteiger partial charge in [-0.1, -0.05) is 41.6 Å². The Morgan fingerprint density at radius 3 is 2.74 bits per heavy atom. The predicted octanol–water partition coefficient (Wildman–Crippen LogP) is 4.32. The second kappa shape index (κ2) is 8.67. The smallest absolute Gasteiger partial charge is 0.221 e. The Balaban J connectivity index is 1.46. The number of benzene rings is 2. The van der Waals surface area contributed by atoms with E-state index < -0.39 is 9.84 Å². The number of carbonyl (C=O) groups excluding carboxylic acids is 1. The Hall–Kier alpha value is -2.93. The molecular formula is C24H26N2O4S. The van der Waals surface area contributed by atoms with Crippen molar-refractivity contribution in [3.63, 3.8) is 0 Å². The van der Waals surface area contributed by atoms with Gasteiger partial charge in [0.1, 0.15) is 0 Å². The van der Waals surface area contributed by atoms with Crippen LogP contribution in [-0.4, -0.2) is 25.2 Å². The first kappa shape index (κ1) is 21.3. The van der Waals surface area contributed by atoms with Crippen LogP contribution in [0.25, 0.3) is 11.3 Å². The van der Waals surface area contributed by atoms with Crippen LogP contribution in [0.2, 0.25) is 0 Å². The van der Waals surface area contributed by atoms with Crippen molar-refractivity contribution in [2.45, 2.75) is 50.5 Å². The number of aryl methyl sites for hydroxylation is 3. The zero-order valence-electron chi connectivity index (χ0n) is 17.7. The predicted molar refractivity (Wildman–Crippen MR) is 118 cm³/mol. The molecule has 2 aromatic carbocycles. The molecule has 6 nitrogen and oxygen atoms in total. The van der Waals surface area contributed by atoms with Gasteiger partial charge in [-0.25, -0.2) is 8.42 Å². The summed E-state index contributed by atoms with van der Waals surface area (Å²) in [6, 6.07) is 15.0. The molecule has 3 aromatic rings. The molecule has 1 amide bonds. The number of aromatic nitrogens is 1. The Labute approximate surface area is 182 Å². The number of fused-ring (bicyclic) bond motifs is 1. The molecule has 7 heteroatoms. The Morgan fingerprint density at radius 2 is 1.97 bits per heavy atom. The minimum absolute atomic E-state index is 0.0556. The van der Waals surface area contributed by atoms with Gasteiger partial charge in [0.15, 0.2) is 15.6 Å². The molecule has 0 spiro atoms. The minimum Gasteiger partial charge on any atom is -0.356 e. The molecule has 0 fully saturated rings. The van der Waals surface area contributed by atoms with Gasteiger partial charge in [0.2, 0.25) is 5.91 Å². The van der Waals surface area contributed by atoms with Crippen LogP contribution in [0.3, 0.4) is 0 Å². The molecule has 1 unspecified atom stereocenters. The van der Waals surface area contributed by atoms with Gasteiger partial charge in [0.25, 0.3) is 0 Å². The van der Waals surface area contributed by atoms with Gasteiger partial charge >= 0.3 is 0 Å². The number of carbonyl (C=O) groups is 1. The maximum atomic E-state index is 13.0. The Kier molecular flexibility index (Phi) is 5.96. The van der Waals surface area contributed by atoms with E-state index in [1.54, 1.807) is 25.1 Å². The van der Waals surface area contributed by atoms with Gasteiger partial charge < -0.3 is 9.84 Å². The van der Waals surface area contributed by atoms with E-state index >= 15 is 0 Å². The summed E-state index contributed by atoms with van der Waals surface area (Å²) >= 11 is 0. The minimum atomic E-state index is -3.63. The maximum Gasteiger partial charge on any atom is 0.221 e. The molecule has 31 heavy (non-hydrogen) atoms. The molecule has 1 aliphatic carbocycles. The van der Waals surface area contributed by atoms with Crippen LogP contribution in [0.5, 0.6) is 0 Å². The normalized spacial score (nSPS) is 16.0. The Bertz CT molecular complexity index is 1210. The zero-order valence-corrected chi connectivity index (χ0v) is 18.5. The molecule has 0 saturated carbocycles. The quantitative estimate of drug-likeness (QED) is 0.619. The number of nitrogens with one attached hydrogen (secondary N) is 1. The molecule has 1 aromatic heterocycles. The van der Waals surface area contributed by atoms with Crippen LogP contribution >= 0.6 is 0 Å². The summed E-state index contributed by atoms with van der Waals surface area (Å²) < 4.78 is 31.3. The van der Waals surface area contributed by atoms with Gasteiger partial charge in [-0.05, 0) is 55.9 Å². The average molecular weight is 439 g/mol. The molecule has 0 aliphatic heterocycles. The first-order valence-corrected chi connectivity index (χ1v) is 12.1. The van der Waals surface area contributed by atoms with Crippen molar-refractivity contribution >= 4 is 15.7 Å². The third-order valence-corrected chi connectivity index (χ3v) is 7.59. The SMILES string of the molecule is Cc1cc(-c2ccc(C)c(S(=O)(=O)CCC(=O)NC3CCCc4ccccc43)c2)on1. The number of nitrogens with zero attached hydrogens (tertiary/aromatic N) is 1. The number of rotatable bonds is 6. The number of hydrogen-bond donors (Lipinski definition) is 1. The lowest BCUT2D eigenvalue weighted by Gasteiger charge is -2.26. The molecule has 1 heterocycles. The van der Waals surface area contributed by atoms with Crippen LogP contribution in [0.1, 0.15) is 47.7 Å². The first-order valence-electron chi connectivity index (χ1n) is 10.5. The summed E-state index contributed by atoms with van der Waals surface area (Å²) in [7, 11) is -3.63. The summed E-state index contributed by atoms with van der Waals surface area (Å²) in [5.41, 5.74) is 4.40. The van der Waals surface area contributed by atoms with Gasteiger partial charge in [-0.2, -0.15) is 0 Å². The van der Waals surface area contributed by atoms with Gasteiger partial charge in [0.05, 0.1) is 22.4 Å². The number of amides is 1. The summed E-state index contributed by atoms with van der Waals surface area (Å²) in [6.45, 7) is 3.56. The summed E-state index contributed by atoms with van der Waals surface area (Å²) in [5.74, 6) is 0.0278. The van der Waals surface area contributed by atoms with Gasteiger partial charge in [-0.15, -0.1) is 0 Å². The fourth-order valence-electron chi connectivity index (χ4n) is 4.10. The molecule has 1 atom stereocenters. The fourth-order valence-corrected chi connectivity index (χ4v) is 5.63. The van der Waals surface area contributed by atoms with Gasteiger partial charge in [0, 0.05) is 18.1 Å². The zero-order chi connectivity index (χ0) is 22.0. The van der Waals surface area contributed by atoms with Crippen molar-refractivity contribution < 1.29 is 17.7 Å². The second-order valence-corrected chi connectivity index (χ2v) is 10.2. The Morgan fingerprint density at radius 1 is 1.16 bits per heavy atom. The van der Waals surface area contributed by atoms with E-state index in [0.29, 0.717) is 16.9 Å². The van der Waals surface area contributed by atoms with Gasteiger partial charge in [-0.3, -0.25) is 4.79 Å². The third-order valence-electron chi connectivity index (χ3n) is 5.74. The molecule has 1 N–H and O–H groups in total. The summed E-state index contributed by atoms with van der Waals surface area (Å²) in [6.07, 6.45) is 2.81. The standard InChI is InChI=1S/C24H26N2O4S/c1-16-10-11-19(22-14-17(2)26-30-22)15-23(16)31(28,29)13-12-24(27)25-21-9-5-7-18-6-3-4-8-20(18)21/h3-4,6,8,10-11,14-15,21H,5,7,9,12-13H2,1-2H3,(H,25,27).